The van der Waals surface area contributed by atoms with Gasteiger partial charge in [-0.25, -0.2) is 0 Å². The monoisotopic (exact) mass is 219 g/mol. The van der Waals surface area contributed by atoms with Crippen LogP contribution in [0.25, 0.3) is 0 Å². The van der Waals surface area contributed by atoms with Crippen molar-refractivity contribution in [2.75, 3.05) is 0 Å². The summed E-state index contributed by atoms with van der Waals surface area (Å²) in [5.74, 6) is 0. The molecule has 4 heteroatoms. The highest BCUT2D eigenvalue weighted by atomic mass is 16.5. The van der Waals surface area contributed by atoms with Crippen LogP contribution < -0.4 is 11.2 Å². The van der Waals surface area contributed by atoms with E-state index < -0.39 is 18.3 Å². The van der Waals surface area contributed by atoms with Crippen molar-refractivity contribution in [3.63, 3.8) is 0 Å². The molecule has 1 heterocycles. The van der Waals surface area contributed by atoms with Gasteiger partial charge in [0.1, 0.15) is 0 Å². The van der Waals surface area contributed by atoms with Crippen molar-refractivity contribution in [1.82, 2.24) is 0 Å². The minimum absolute atomic E-state index is 0.401. The zero-order valence-corrected chi connectivity index (χ0v) is 10.2. The molecule has 0 amide bonds. The molecule has 1 aromatic rings. The van der Waals surface area contributed by atoms with Crippen LogP contribution in [0.2, 0.25) is 0 Å². The van der Waals surface area contributed by atoms with Crippen LogP contribution in [-0.2, 0) is 15.8 Å². The van der Waals surface area contributed by atoms with Crippen molar-refractivity contribution < 1.29 is 9.68 Å². The molecule has 0 saturated carbocycles. The first-order valence-electron chi connectivity index (χ1n) is 5.51. The largest absolute Gasteiger partial charge is 0.492 e. The highest BCUT2D eigenvalue weighted by Gasteiger charge is 2.40. The van der Waals surface area contributed by atoms with Gasteiger partial charge in [0.2, 0.25) is 0 Å². The van der Waals surface area contributed by atoms with Gasteiger partial charge in [0, 0.05) is 5.54 Å². The van der Waals surface area contributed by atoms with Crippen molar-refractivity contribution >= 4 is 12.6 Å². The fourth-order valence-corrected chi connectivity index (χ4v) is 2.12. The molecular formula is C12H18BNO2. The third-order valence-corrected chi connectivity index (χ3v) is 3.12. The second-order valence-corrected chi connectivity index (χ2v) is 5.50. The lowest BCUT2D eigenvalue weighted by Crippen LogP contribution is -2.33. The Bertz CT molecular complexity index is 424. The van der Waals surface area contributed by atoms with Crippen molar-refractivity contribution in [3.05, 3.63) is 29.3 Å². The van der Waals surface area contributed by atoms with Gasteiger partial charge in [-0.3, -0.25) is 0 Å². The summed E-state index contributed by atoms with van der Waals surface area (Å²) in [5, 5.41) is 9.84. The first-order chi connectivity index (χ1) is 7.22. The topological polar surface area (TPSA) is 55.5 Å². The molecule has 0 saturated heterocycles. The Hall–Kier alpha value is -0.835. The molecule has 0 spiro atoms. The van der Waals surface area contributed by atoms with Crippen molar-refractivity contribution in [2.45, 2.75) is 38.8 Å². The Balaban J connectivity index is 2.53. The van der Waals surface area contributed by atoms with E-state index in [9.17, 15) is 5.02 Å². The Labute approximate surface area is 96.8 Å². The van der Waals surface area contributed by atoms with Crippen LogP contribution in [0.4, 0.5) is 0 Å². The van der Waals surface area contributed by atoms with Crippen LogP contribution >= 0.6 is 0 Å². The highest BCUT2D eigenvalue weighted by molar-refractivity contribution is 6.62. The maximum absolute atomic E-state index is 9.84. The van der Waals surface area contributed by atoms with E-state index in [0.717, 1.165) is 16.6 Å². The van der Waals surface area contributed by atoms with Crippen LogP contribution in [0.1, 0.15) is 38.8 Å². The number of rotatable bonds is 1. The van der Waals surface area contributed by atoms with Crippen LogP contribution in [0, 0.1) is 0 Å². The smallest absolute Gasteiger partial charge is 0.423 e. The summed E-state index contributed by atoms with van der Waals surface area (Å²) in [7, 11) is -0.840. The van der Waals surface area contributed by atoms with Gasteiger partial charge in [-0.15, -0.1) is 0 Å². The number of benzene rings is 1. The first kappa shape index (κ1) is 11.6. The molecule has 1 aliphatic heterocycles. The molecule has 2 rings (SSSR count). The molecule has 3 N–H and O–H groups in total. The molecule has 1 aromatic carbocycles. The summed E-state index contributed by atoms with van der Waals surface area (Å²) >= 11 is 0. The Morgan fingerprint density at radius 1 is 1.38 bits per heavy atom. The fourth-order valence-electron chi connectivity index (χ4n) is 2.12. The summed E-state index contributed by atoms with van der Waals surface area (Å²) in [6.07, 6.45) is 0. The molecule has 0 bridgehead atoms. The van der Waals surface area contributed by atoms with Crippen LogP contribution in [0.3, 0.4) is 0 Å². The summed E-state index contributed by atoms with van der Waals surface area (Å²) in [5.41, 5.74) is 8.09. The summed E-state index contributed by atoms with van der Waals surface area (Å²) in [6.45, 7) is 7.80. The average Bonchev–Trinajstić information content (AvgIpc) is 2.36. The second kappa shape index (κ2) is 3.33. The molecule has 0 aromatic heterocycles. The van der Waals surface area contributed by atoms with Crippen molar-refractivity contribution in [1.29, 1.82) is 0 Å². The Morgan fingerprint density at radius 2 is 2.00 bits per heavy atom. The molecule has 16 heavy (non-hydrogen) atoms. The van der Waals surface area contributed by atoms with Crippen LogP contribution in [0.15, 0.2) is 18.2 Å². The lowest BCUT2D eigenvalue weighted by Gasteiger charge is -2.22. The number of fused-ring (bicyclic) bond motifs is 1. The third-order valence-electron chi connectivity index (χ3n) is 3.12. The van der Waals surface area contributed by atoms with Gasteiger partial charge >= 0.3 is 7.12 Å². The van der Waals surface area contributed by atoms with Crippen molar-refractivity contribution in [3.8, 4) is 0 Å². The van der Waals surface area contributed by atoms with Gasteiger partial charge < -0.3 is 15.4 Å². The van der Waals surface area contributed by atoms with E-state index in [1.54, 1.807) is 0 Å². The molecule has 0 aliphatic carbocycles. The highest BCUT2D eigenvalue weighted by Crippen LogP contribution is 2.31. The molecular weight excluding hydrogens is 201 g/mol. The normalized spacial score (nSPS) is 18.8. The van der Waals surface area contributed by atoms with Gasteiger partial charge in [0.05, 0.1) is 5.60 Å². The quantitative estimate of drug-likeness (QED) is 0.688. The zero-order chi connectivity index (χ0) is 12.1. The van der Waals surface area contributed by atoms with Gasteiger partial charge in [-0.2, -0.15) is 0 Å². The molecule has 0 unspecified atom stereocenters. The van der Waals surface area contributed by atoms with Crippen LogP contribution in [-0.4, -0.2) is 12.1 Å². The molecule has 0 atom stereocenters. The van der Waals surface area contributed by atoms with E-state index in [0.29, 0.717) is 0 Å². The van der Waals surface area contributed by atoms with Gasteiger partial charge in [0.15, 0.2) is 0 Å². The summed E-state index contributed by atoms with van der Waals surface area (Å²) in [4.78, 5) is 0. The number of hydrogen-bond donors (Lipinski definition) is 2. The lowest BCUT2D eigenvalue weighted by molar-refractivity contribution is 0.101. The molecule has 0 fully saturated rings. The zero-order valence-electron chi connectivity index (χ0n) is 10.2. The Kier molecular flexibility index (Phi) is 2.42. The SMILES string of the molecule is CC(C)(N)c1ccc2c(c1)B(O)OC2(C)C. The maximum atomic E-state index is 9.84. The average molecular weight is 219 g/mol. The van der Waals surface area contributed by atoms with Crippen LogP contribution in [0.5, 0.6) is 0 Å². The minimum atomic E-state index is -0.840. The standard InChI is InChI=1S/C12H18BNO2/c1-11(2,14)8-5-6-9-10(7-8)13(15)16-12(9,3)4/h5-7,15H,14H2,1-4H3. The van der Waals surface area contributed by atoms with Gasteiger partial charge in [-0.1, -0.05) is 18.2 Å². The number of nitrogens with two attached hydrogens (primary N) is 1. The molecule has 3 nitrogen and oxygen atoms in total. The first-order valence-corrected chi connectivity index (χ1v) is 5.51. The van der Waals surface area contributed by atoms with Gasteiger partial charge in [0.25, 0.3) is 0 Å². The molecule has 86 valence electrons. The third kappa shape index (κ3) is 1.77. The second-order valence-electron chi connectivity index (χ2n) is 5.50. The molecule has 0 radical (unpaired) electrons. The molecule has 1 aliphatic rings. The van der Waals surface area contributed by atoms with E-state index >= 15 is 0 Å². The fraction of sp³-hybridized carbons (Fsp3) is 0.500. The van der Waals surface area contributed by atoms with Gasteiger partial charge in [-0.05, 0) is 44.3 Å². The van der Waals surface area contributed by atoms with E-state index in [-0.39, 0.29) is 0 Å². The minimum Gasteiger partial charge on any atom is -0.423 e. The number of hydrogen-bond acceptors (Lipinski definition) is 3. The van der Waals surface area contributed by atoms with E-state index in [1.165, 1.54) is 0 Å². The predicted octanol–water partition coefficient (Wildman–Crippen LogP) is 0.833. The van der Waals surface area contributed by atoms with Crippen molar-refractivity contribution in [2.24, 2.45) is 5.73 Å². The Morgan fingerprint density at radius 3 is 2.56 bits per heavy atom. The predicted molar refractivity (Wildman–Crippen MR) is 65.4 cm³/mol. The maximum Gasteiger partial charge on any atom is 0.492 e. The van der Waals surface area contributed by atoms with E-state index in [1.807, 2.05) is 45.9 Å². The van der Waals surface area contributed by atoms with E-state index in [2.05, 4.69) is 0 Å². The lowest BCUT2D eigenvalue weighted by atomic mass is 9.76. The summed E-state index contributed by atoms with van der Waals surface area (Å²) in [6, 6.07) is 5.94. The summed E-state index contributed by atoms with van der Waals surface area (Å²) < 4.78 is 5.50. The van der Waals surface area contributed by atoms with E-state index in [4.69, 9.17) is 10.4 Å².